The molecule has 5 heteroatoms. The molecule has 0 aliphatic carbocycles. The van der Waals surface area contributed by atoms with Crippen LogP contribution in [-0.2, 0) is 5.66 Å². The average molecular weight is 289 g/mol. The molecule has 3 rings (SSSR count). The summed E-state index contributed by atoms with van der Waals surface area (Å²) in [7, 11) is 2.20. The molecule has 1 unspecified atom stereocenters. The van der Waals surface area contributed by atoms with E-state index in [4.69, 9.17) is 5.73 Å². The van der Waals surface area contributed by atoms with Crippen LogP contribution in [0.2, 0.25) is 0 Å². The first kappa shape index (κ1) is 14.9. The number of nitrogens with zero attached hydrogens (tertiary/aromatic N) is 4. The van der Waals surface area contributed by atoms with Crippen LogP contribution in [0.25, 0.3) is 0 Å². The predicted molar refractivity (Wildman–Crippen MR) is 84.8 cm³/mol. The maximum Gasteiger partial charge on any atom is 0.0965 e. The van der Waals surface area contributed by atoms with Crippen molar-refractivity contribution in [2.45, 2.75) is 18.5 Å². The highest BCUT2D eigenvalue weighted by atomic mass is 15.3. The number of nitrogens with two attached hydrogens (primary N) is 1. The van der Waals surface area contributed by atoms with E-state index in [2.05, 4.69) is 32.8 Å². The Balaban J connectivity index is 1.59. The van der Waals surface area contributed by atoms with Crippen molar-refractivity contribution < 1.29 is 0 Å². The zero-order valence-electron chi connectivity index (χ0n) is 13.0. The summed E-state index contributed by atoms with van der Waals surface area (Å²) >= 11 is 0. The van der Waals surface area contributed by atoms with Crippen molar-refractivity contribution in [1.29, 1.82) is 0 Å². The number of likely N-dealkylation sites (tertiary alicyclic amines) is 1. The van der Waals surface area contributed by atoms with Crippen molar-refractivity contribution in [2.24, 2.45) is 5.73 Å². The molecule has 2 aliphatic heterocycles. The molecule has 1 aromatic rings. The first-order valence-electron chi connectivity index (χ1n) is 8.04. The lowest BCUT2D eigenvalue weighted by Crippen LogP contribution is -2.53. The number of hydrogen-bond acceptors (Lipinski definition) is 5. The second kappa shape index (κ2) is 6.40. The van der Waals surface area contributed by atoms with E-state index in [1.54, 1.807) is 0 Å². The minimum absolute atomic E-state index is 0.319. The maximum atomic E-state index is 6.72. The van der Waals surface area contributed by atoms with E-state index in [1.807, 2.05) is 18.5 Å². The van der Waals surface area contributed by atoms with Crippen LogP contribution in [0.4, 0.5) is 0 Å². The molecule has 0 saturated carbocycles. The van der Waals surface area contributed by atoms with Crippen LogP contribution in [0.5, 0.6) is 0 Å². The highest BCUT2D eigenvalue weighted by Crippen LogP contribution is 2.33. The molecule has 116 valence electrons. The molecule has 2 N–H and O–H groups in total. The SMILES string of the molecule is CN1CCN(CCN2CCCC2(N)c2cccnc2)CC1. The molecule has 0 amide bonds. The summed E-state index contributed by atoms with van der Waals surface area (Å²) in [5, 5.41) is 0. The fourth-order valence-electron chi connectivity index (χ4n) is 3.49. The third kappa shape index (κ3) is 3.26. The lowest BCUT2D eigenvalue weighted by atomic mass is 9.99. The fourth-order valence-corrected chi connectivity index (χ4v) is 3.49. The molecule has 2 aliphatic rings. The Morgan fingerprint density at radius 1 is 1.19 bits per heavy atom. The molecule has 0 bridgehead atoms. The van der Waals surface area contributed by atoms with Gasteiger partial charge in [0.25, 0.3) is 0 Å². The van der Waals surface area contributed by atoms with E-state index in [-0.39, 0.29) is 5.66 Å². The topological polar surface area (TPSA) is 48.6 Å². The average Bonchev–Trinajstić information content (AvgIpc) is 2.90. The van der Waals surface area contributed by atoms with Crippen molar-refractivity contribution in [3.05, 3.63) is 30.1 Å². The Kier molecular flexibility index (Phi) is 4.54. The van der Waals surface area contributed by atoms with Gasteiger partial charge in [-0.2, -0.15) is 0 Å². The minimum Gasteiger partial charge on any atom is -0.309 e. The smallest absolute Gasteiger partial charge is 0.0965 e. The number of piperazine rings is 1. The molecule has 1 atom stereocenters. The van der Waals surface area contributed by atoms with Gasteiger partial charge >= 0.3 is 0 Å². The van der Waals surface area contributed by atoms with Crippen molar-refractivity contribution in [1.82, 2.24) is 19.7 Å². The van der Waals surface area contributed by atoms with E-state index in [0.29, 0.717) is 0 Å². The van der Waals surface area contributed by atoms with Crippen LogP contribution in [0, 0.1) is 0 Å². The van der Waals surface area contributed by atoms with Gasteiger partial charge in [0.05, 0.1) is 5.66 Å². The Morgan fingerprint density at radius 3 is 2.71 bits per heavy atom. The van der Waals surface area contributed by atoms with Crippen LogP contribution < -0.4 is 5.73 Å². The van der Waals surface area contributed by atoms with Gasteiger partial charge in [0.2, 0.25) is 0 Å². The second-order valence-electron chi connectivity index (χ2n) is 6.40. The number of hydrogen-bond donors (Lipinski definition) is 1. The molecule has 0 radical (unpaired) electrons. The summed E-state index contributed by atoms with van der Waals surface area (Å²) in [5.74, 6) is 0. The van der Waals surface area contributed by atoms with E-state index in [9.17, 15) is 0 Å². The summed E-state index contributed by atoms with van der Waals surface area (Å²) in [5.41, 5.74) is 7.56. The number of pyridine rings is 1. The van der Waals surface area contributed by atoms with Gasteiger partial charge in [-0.15, -0.1) is 0 Å². The third-order valence-corrected chi connectivity index (χ3v) is 4.99. The molecule has 1 aromatic heterocycles. The van der Waals surface area contributed by atoms with Gasteiger partial charge in [0, 0.05) is 63.8 Å². The van der Waals surface area contributed by atoms with Crippen molar-refractivity contribution in [3.63, 3.8) is 0 Å². The largest absolute Gasteiger partial charge is 0.309 e. The molecule has 2 saturated heterocycles. The summed E-state index contributed by atoms with van der Waals surface area (Å²) in [4.78, 5) is 11.6. The van der Waals surface area contributed by atoms with E-state index in [0.717, 1.165) is 31.6 Å². The number of likely N-dealkylation sites (N-methyl/N-ethyl adjacent to an activating group) is 1. The zero-order chi connectivity index (χ0) is 14.7. The monoisotopic (exact) mass is 289 g/mol. The zero-order valence-corrected chi connectivity index (χ0v) is 13.0. The van der Waals surface area contributed by atoms with Gasteiger partial charge in [-0.25, -0.2) is 0 Å². The second-order valence-corrected chi connectivity index (χ2v) is 6.40. The van der Waals surface area contributed by atoms with Gasteiger partial charge in [-0.3, -0.25) is 14.8 Å². The highest BCUT2D eigenvalue weighted by molar-refractivity contribution is 5.20. The summed E-state index contributed by atoms with van der Waals surface area (Å²) < 4.78 is 0. The van der Waals surface area contributed by atoms with E-state index in [1.165, 1.54) is 32.6 Å². The molecule has 5 nitrogen and oxygen atoms in total. The molecular formula is C16H27N5. The van der Waals surface area contributed by atoms with Crippen molar-refractivity contribution in [3.8, 4) is 0 Å². The van der Waals surface area contributed by atoms with Crippen LogP contribution >= 0.6 is 0 Å². The lowest BCUT2D eigenvalue weighted by molar-refractivity contribution is 0.0980. The van der Waals surface area contributed by atoms with Gasteiger partial charge in [-0.1, -0.05) is 6.07 Å². The number of rotatable bonds is 4. The third-order valence-electron chi connectivity index (χ3n) is 4.99. The summed E-state index contributed by atoms with van der Waals surface area (Å²) in [6.45, 7) is 7.97. The van der Waals surface area contributed by atoms with Crippen molar-refractivity contribution in [2.75, 3.05) is 52.9 Å². The normalized spacial score (nSPS) is 29.0. The highest BCUT2D eigenvalue weighted by Gasteiger charge is 2.38. The Morgan fingerprint density at radius 2 is 2.00 bits per heavy atom. The standard InChI is InChI=1S/C16H27N5/c1-19-8-10-20(11-9-19)12-13-21-7-3-5-16(21,17)15-4-2-6-18-14-15/h2,4,6,14H,3,5,7-13,17H2,1H3. The quantitative estimate of drug-likeness (QED) is 0.876. The van der Waals surface area contributed by atoms with Gasteiger partial charge < -0.3 is 10.6 Å². The molecule has 21 heavy (non-hydrogen) atoms. The van der Waals surface area contributed by atoms with Crippen LogP contribution in [0.15, 0.2) is 24.5 Å². The summed E-state index contributed by atoms with van der Waals surface area (Å²) in [6, 6.07) is 4.10. The Bertz CT molecular complexity index is 443. The fraction of sp³-hybridized carbons (Fsp3) is 0.688. The van der Waals surface area contributed by atoms with Crippen LogP contribution in [-0.4, -0.2) is 72.5 Å². The minimum atomic E-state index is -0.319. The van der Waals surface area contributed by atoms with Crippen LogP contribution in [0.3, 0.4) is 0 Å². The van der Waals surface area contributed by atoms with E-state index < -0.39 is 0 Å². The van der Waals surface area contributed by atoms with Gasteiger partial charge in [-0.05, 0) is 26.0 Å². The molecule has 2 fully saturated rings. The Hall–Kier alpha value is -1.01. The molecule has 0 aromatic carbocycles. The first-order chi connectivity index (χ1) is 10.2. The Labute approximate surface area is 127 Å². The first-order valence-corrected chi connectivity index (χ1v) is 8.04. The predicted octanol–water partition coefficient (Wildman–Crippen LogP) is 0.536. The molecule has 3 heterocycles. The van der Waals surface area contributed by atoms with Gasteiger partial charge in [0.1, 0.15) is 0 Å². The number of aromatic nitrogens is 1. The lowest BCUT2D eigenvalue weighted by Gasteiger charge is -2.38. The summed E-state index contributed by atoms with van der Waals surface area (Å²) in [6.07, 6.45) is 5.94. The van der Waals surface area contributed by atoms with Gasteiger partial charge in [0.15, 0.2) is 0 Å². The van der Waals surface area contributed by atoms with E-state index >= 15 is 0 Å². The van der Waals surface area contributed by atoms with Crippen LogP contribution in [0.1, 0.15) is 18.4 Å². The van der Waals surface area contributed by atoms with Crippen molar-refractivity contribution >= 4 is 0 Å². The maximum absolute atomic E-state index is 6.72. The molecule has 0 spiro atoms. The molecular weight excluding hydrogens is 262 g/mol.